The largest absolute Gasteiger partial charge is 0.507 e. The second kappa shape index (κ2) is 13.8. The number of phenols is 1. The van der Waals surface area contributed by atoms with Gasteiger partial charge < -0.3 is 28.5 Å². The molecule has 5 rings (SSSR count). The van der Waals surface area contributed by atoms with Crippen molar-refractivity contribution in [2.75, 3.05) is 14.2 Å². The number of furan rings is 1. The fraction of sp³-hybridized carbons (Fsp3) is 0.343. The fourth-order valence-corrected chi connectivity index (χ4v) is 5.70. The lowest BCUT2D eigenvalue weighted by Crippen LogP contribution is -2.23. The first-order valence-electron chi connectivity index (χ1n) is 15.0. The number of aromatic hydroxyl groups is 1. The molecule has 0 saturated heterocycles. The Balaban J connectivity index is 1.57. The van der Waals surface area contributed by atoms with Crippen molar-refractivity contribution in [3.8, 4) is 22.8 Å². The number of fused-ring (bicyclic) bond motifs is 2. The van der Waals surface area contributed by atoms with Gasteiger partial charge in [0.25, 0.3) is 0 Å². The minimum absolute atomic E-state index is 0.0675. The van der Waals surface area contributed by atoms with Crippen LogP contribution in [0, 0.1) is 0 Å². The lowest BCUT2D eigenvalue weighted by molar-refractivity contribution is -0.135. The van der Waals surface area contributed by atoms with Gasteiger partial charge in [-0.1, -0.05) is 12.2 Å². The number of carbonyl (C=O) groups excluding carboxylic acids is 5. The Morgan fingerprint density at radius 1 is 0.935 bits per heavy atom. The maximum Gasteiger partial charge on any atom is 0.342 e. The third-order valence-corrected chi connectivity index (χ3v) is 8.01. The zero-order valence-electron chi connectivity index (χ0n) is 25.8. The molecule has 0 fully saturated rings. The van der Waals surface area contributed by atoms with Crippen LogP contribution in [-0.2, 0) is 23.8 Å². The highest BCUT2D eigenvalue weighted by atomic mass is 16.5. The maximum atomic E-state index is 13.5. The molecule has 1 N–H and O–H groups in total. The molecule has 240 valence electrons. The van der Waals surface area contributed by atoms with Gasteiger partial charge in [-0.3, -0.25) is 9.59 Å². The number of ketones is 1. The summed E-state index contributed by atoms with van der Waals surface area (Å²) in [6.45, 7) is 1.73. The smallest absolute Gasteiger partial charge is 0.342 e. The molecule has 2 aliphatic heterocycles. The van der Waals surface area contributed by atoms with Gasteiger partial charge >= 0.3 is 23.9 Å². The van der Waals surface area contributed by atoms with Crippen LogP contribution in [-0.4, -0.2) is 55.1 Å². The molecule has 2 aromatic carbocycles. The fourth-order valence-electron chi connectivity index (χ4n) is 5.70. The first kappa shape index (κ1) is 32.2. The average Bonchev–Trinajstić information content (AvgIpc) is 3.53. The number of hydrogen-bond donors (Lipinski definition) is 1. The number of allylic oxidation sites excluding steroid dienone is 1. The van der Waals surface area contributed by atoms with Gasteiger partial charge in [-0.05, 0) is 74.6 Å². The van der Waals surface area contributed by atoms with E-state index in [1.807, 2.05) is 0 Å². The zero-order valence-corrected chi connectivity index (χ0v) is 25.8. The summed E-state index contributed by atoms with van der Waals surface area (Å²) in [5.41, 5.74) is 0.975. The Bertz CT molecular complexity index is 1690. The number of hydrogen-bond acceptors (Lipinski definition) is 11. The van der Waals surface area contributed by atoms with Crippen molar-refractivity contribution < 1.29 is 52.4 Å². The van der Waals surface area contributed by atoms with E-state index in [1.165, 1.54) is 38.5 Å². The van der Waals surface area contributed by atoms with Crippen molar-refractivity contribution >= 4 is 35.7 Å². The summed E-state index contributed by atoms with van der Waals surface area (Å²) in [7, 11) is 2.44. The third-order valence-electron chi connectivity index (χ3n) is 8.01. The second-order valence-corrected chi connectivity index (χ2v) is 11.3. The number of ether oxygens (including phenoxy) is 4. The molecule has 0 saturated carbocycles. The minimum Gasteiger partial charge on any atom is -0.507 e. The van der Waals surface area contributed by atoms with Gasteiger partial charge in [-0.15, -0.1) is 0 Å². The minimum atomic E-state index is -0.840. The van der Waals surface area contributed by atoms with Crippen LogP contribution in [0.5, 0.6) is 11.5 Å². The Labute approximate surface area is 265 Å². The Morgan fingerprint density at radius 2 is 1.63 bits per heavy atom. The van der Waals surface area contributed by atoms with E-state index in [0.29, 0.717) is 49.7 Å². The van der Waals surface area contributed by atoms with E-state index in [4.69, 9.17) is 23.4 Å². The highest BCUT2D eigenvalue weighted by Gasteiger charge is 2.37. The first-order chi connectivity index (χ1) is 22.1. The van der Waals surface area contributed by atoms with Crippen molar-refractivity contribution in [2.24, 2.45) is 0 Å². The molecule has 0 aliphatic carbocycles. The molecule has 1 unspecified atom stereocenters. The lowest BCUT2D eigenvalue weighted by Gasteiger charge is -2.26. The molecule has 2 atom stereocenters. The van der Waals surface area contributed by atoms with E-state index in [0.717, 1.165) is 0 Å². The van der Waals surface area contributed by atoms with Gasteiger partial charge in [-0.25, -0.2) is 14.4 Å². The normalized spacial score (nSPS) is 18.8. The molecule has 11 nitrogen and oxygen atoms in total. The van der Waals surface area contributed by atoms with E-state index < -0.39 is 41.6 Å². The standard InChI is InChI=1S/C35H34O11/c1-19-8-7-11-24(36)10-6-4-5-9-20-17-28-31(32(38)30(20)35(41)44-19)25(18-29(37)46-28)27-13-12-26(45-27)21-14-22(33(39)42-2)16-23(15-21)34(40)43-3/h5,9,12-17,19,25,38H,4,6-8,10-11,18H2,1-3H3/t19-,25?/m0/s1. The van der Waals surface area contributed by atoms with Crippen molar-refractivity contribution in [2.45, 2.75) is 63.9 Å². The number of esters is 4. The number of carbonyl (C=O) groups is 5. The van der Waals surface area contributed by atoms with E-state index in [2.05, 4.69) is 0 Å². The predicted octanol–water partition coefficient (Wildman–Crippen LogP) is 6.15. The summed E-state index contributed by atoms with van der Waals surface area (Å²) in [4.78, 5) is 63.1. The molecule has 2 aliphatic rings. The topological polar surface area (TPSA) is 156 Å². The average molecular weight is 631 g/mol. The number of phenolic OH excluding ortho intramolecular Hbond substituents is 1. The summed E-state index contributed by atoms with van der Waals surface area (Å²) < 4.78 is 27.0. The molecule has 11 heteroatoms. The van der Waals surface area contributed by atoms with Crippen molar-refractivity contribution in [3.05, 3.63) is 76.1 Å². The van der Waals surface area contributed by atoms with Gasteiger partial charge in [0.1, 0.15) is 34.4 Å². The molecule has 0 amide bonds. The monoisotopic (exact) mass is 630 g/mol. The SMILES string of the molecule is COC(=O)c1cc(C(=O)OC)cc(-c2ccc(C3CC(=O)Oc4cc5c(c(O)c43)C(=O)O[C@@H](C)CCCC(=O)CCCC=C5)o2)c1. The number of cyclic esters (lactones) is 1. The highest BCUT2D eigenvalue weighted by molar-refractivity contribution is 5.99. The van der Waals surface area contributed by atoms with Crippen LogP contribution in [0.2, 0.25) is 0 Å². The Morgan fingerprint density at radius 3 is 2.33 bits per heavy atom. The van der Waals surface area contributed by atoms with Gasteiger partial charge in [-0.2, -0.15) is 0 Å². The van der Waals surface area contributed by atoms with E-state index in [1.54, 1.807) is 31.2 Å². The van der Waals surface area contributed by atoms with Crippen LogP contribution in [0.25, 0.3) is 17.4 Å². The summed E-state index contributed by atoms with van der Waals surface area (Å²) in [6.07, 6.45) is 5.87. The van der Waals surface area contributed by atoms with E-state index >= 15 is 0 Å². The second-order valence-electron chi connectivity index (χ2n) is 11.3. The summed E-state index contributed by atoms with van der Waals surface area (Å²) in [6, 6.07) is 9.05. The third kappa shape index (κ3) is 6.88. The highest BCUT2D eigenvalue weighted by Crippen LogP contribution is 2.48. The van der Waals surface area contributed by atoms with Gasteiger partial charge in [0.05, 0.1) is 43.8 Å². The molecule has 3 heterocycles. The zero-order chi connectivity index (χ0) is 33.0. The molecular weight excluding hydrogens is 596 g/mol. The number of Topliss-reactive ketones (excluding diaryl/α,β-unsaturated/α-hetero) is 1. The summed E-state index contributed by atoms with van der Waals surface area (Å²) >= 11 is 0. The number of rotatable bonds is 4. The van der Waals surface area contributed by atoms with E-state index in [9.17, 15) is 29.1 Å². The van der Waals surface area contributed by atoms with Crippen molar-refractivity contribution in [1.29, 1.82) is 0 Å². The molecule has 0 radical (unpaired) electrons. The van der Waals surface area contributed by atoms with Crippen LogP contribution in [0.1, 0.15) is 106 Å². The Hall–Kier alpha value is -5.19. The predicted molar refractivity (Wildman–Crippen MR) is 164 cm³/mol. The summed E-state index contributed by atoms with van der Waals surface area (Å²) in [5, 5.41) is 11.7. The molecule has 46 heavy (non-hydrogen) atoms. The van der Waals surface area contributed by atoms with Crippen LogP contribution < -0.4 is 4.74 Å². The molecule has 1 aromatic heterocycles. The van der Waals surface area contributed by atoms with Gasteiger partial charge in [0.15, 0.2) is 0 Å². The van der Waals surface area contributed by atoms with Crippen molar-refractivity contribution in [3.63, 3.8) is 0 Å². The summed E-state index contributed by atoms with van der Waals surface area (Å²) in [5.74, 6) is -3.13. The lowest BCUT2D eigenvalue weighted by atomic mass is 9.86. The quantitative estimate of drug-likeness (QED) is 0.200. The van der Waals surface area contributed by atoms with Crippen LogP contribution in [0.3, 0.4) is 0 Å². The molecule has 3 aromatic rings. The molecule has 0 bridgehead atoms. The molecule has 0 spiro atoms. The number of benzene rings is 2. The van der Waals surface area contributed by atoms with Crippen LogP contribution >= 0.6 is 0 Å². The van der Waals surface area contributed by atoms with Gasteiger partial charge in [0, 0.05) is 24.0 Å². The van der Waals surface area contributed by atoms with Crippen LogP contribution in [0.15, 0.2) is 46.9 Å². The first-order valence-corrected chi connectivity index (χ1v) is 15.0. The maximum absolute atomic E-state index is 13.5. The van der Waals surface area contributed by atoms with Crippen LogP contribution in [0.4, 0.5) is 0 Å². The molecular formula is C35H34O11. The van der Waals surface area contributed by atoms with Crippen molar-refractivity contribution in [1.82, 2.24) is 0 Å². The number of methoxy groups -OCH3 is 2. The van der Waals surface area contributed by atoms with Gasteiger partial charge in [0.2, 0.25) is 0 Å². The Kier molecular flexibility index (Phi) is 9.69. The van der Waals surface area contributed by atoms with E-state index in [-0.39, 0.29) is 51.7 Å².